The number of benzene rings is 2. The van der Waals surface area contributed by atoms with Crippen LogP contribution in [0.5, 0.6) is 0 Å². The zero-order chi connectivity index (χ0) is 28.1. The molecule has 5 rings (SSSR count). The van der Waals surface area contributed by atoms with Gasteiger partial charge in [0.1, 0.15) is 5.52 Å². The highest BCUT2D eigenvalue weighted by molar-refractivity contribution is 5.95. The van der Waals surface area contributed by atoms with Crippen LogP contribution < -0.4 is 0 Å². The summed E-state index contributed by atoms with van der Waals surface area (Å²) < 4.78 is 6.15. The van der Waals surface area contributed by atoms with Crippen LogP contribution in [0.25, 0.3) is 22.6 Å². The van der Waals surface area contributed by atoms with Crippen molar-refractivity contribution in [2.45, 2.75) is 65.8 Å². The monoisotopic (exact) mass is 528 g/mol. The van der Waals surface area contributed by atoms with Crippen molar-refractivity contribution in [1.29, 1.82) is 5.26 Å². The van der Waals surface area contributed by atoms with Crippen LogP contribution in [0, 0.1) is 22.2 Å². The van der Waals surface area contributed by atoms with E-state index in [2.05, 4.69) is 45.7 Å². The first-order chi connectivity index (χ1) is 18.4. The maximum absolute atomic E-state index is 13.8. The number of aromatic nitrogens is 1. The zero-order valence-electron chi connectivity index (χ0n) is 23.3. The zero-order valence-corrected chi connectivity index (χ0v) is 23.3. The summed E-state index contributed by atoms with van der Waals surface area (Å²) in [5.74, 6) is 0.633. The Balaban J connectivity index is 1.41. The topological polar surface area (TPSA) is 111 Å². The minimum Gasteiger partial charge on any atom is -0.465 e. The number of fused-ring (bicyclic) bond motifs is 1. The Labute approximate surface area is 229 Å². The maximum Gasteiger partial charge on any atom is 0.407 e. The molecule has 39 heavy (non-hydrogen) atoms. The molecule has 1 aromatic heterocycles. The number of rotatable bonds is 3. The largest absolute Gasteiger partial charge is 0.465 e. The van der Waals surface area contributed by atoms with Gasteiger partial charge in [0.05, 0.1) is 11.6 Å². The number of hydrogen-bond acceptors (Lipinski definition) is 5. The average Bonchev–Trinajstić information content (AvgIpc) is 3.50. The van der Waals surface area contributed by atoms with E-state index < -0.39 is 6.09 Å². The van der Waals surface area contributed by atoms with Crippen molar-refractivity contribution >= 4 is 23.1 Å². The standard InChI is InChI=1S/C31H36N4O4/c1-19(2)23-16-20(18-32)17-24-25(23)39-26(33-24)21-6-8-22(9-7-21)27(36)35-15-12-31(28(35)30(3,4)5)10-13-34(14-11-31)29(37)38/h6-9,16-17,19,28H,10-15H2,1-5H3,(H,37,38). The van der Waals surface area contributed by atoms with E-state index in [1.807, 2.05) is 35.2 Å². The van der Waals surface area contributed by atoms with Gasteiger partial charge < -0.3 is 19.3 Å². The summed E-state index contributed by atoms with van der Waals surface area (Å²) in [6.07, 6.45) is 1.56. The van der Waals surface area contributed by atoms with Crippen molar-refractivity contribution in [3.63, 3.8) is 0 Å². The highest BCUT2D eigenvalue weighted by atomic mass is 16.4. The number of nitrogens with zero attached hydrogens (tertiary/aromatic N) is 4. The molecule has 0 bridgehead atoms. The van der Waals surface area contributed by atoms with Gasteiger partial charge in [0.2, 0.25) is 5.89 Å². The minimum absolute atomic E-state index is 0.00247. The van der Waals surface area contributed by atoms with Gasteiger partial charge in [0, 0.05) is 42.4 Å². The molecule has 8 heteroatoms. The summed E-state index contributed by atoms with van der Waals surface area (Å²) >= 11 is 0. The molecule has 2 saturated heterocycles. The van der Waals surface area contributed by atoms with Crippen LogP contribution in [0.3, 0.4) is 0 Å². The predicted molar refractivity (Wildman–Crippen MR) is 148 cm³/mol. The minimum atomic E-state index is -0.868. The molecule has 8 nitrogen and oxygen atoms in total. The van der Waals surface area contributed by atoms with Crippen LogP contribution in [-0.2, 0) is 0 Å². The predicted octanol–water partition coefficient (Wildman–Crippen LogP) is 6.51. The molecule has 204 valence electrons. The van der Waals surface area contributed by atoms with Gasteiger partial charge in [-0.25, -0.2) is 9.78 Å². The lowest BCUT2D eigenvalue weighted by Crippen LogP contribution is -2.54. The molecule has 3 aromatic rings. The summed E-state index contributed by atoms with van der Waals surface area (Å²) in [6, 6.07) is 13.2. The maximum atomic E-state index is 13.8. The number of oxazole rings is 1. The van der Waals surface area contributed by atoms with E-state index >= 15 is 0 Å². The van der Waals surface area contributed by atoms with Gasteiger partial charge in [0.15, 0.2) is 5.58 Å². The lowest BCUT2D eigenvalue weighted by atomic mass is 9.64. The third kappa shape index (κ3) is 4.75. The molecule has 2 aliphatic heterocycles. The normalized spacial score (nSPS) is 19.2. The Morgan fingerprint density at radius 2 is 1.74 bits per heavy atom. The lowest BCUT2D eigenvalue weighted by Gasteiger charge is -2.49. The fraction of sp³-hybridized carbons (Fsp3) is 0.484. The molecule has 1 N–H and O–H groups in total. The van der Waals surface area contributed by atoms with Crippen LogP contribution in [0.1, 0.15) is 81.3 Å². The van der Waals surface area contributed by atoms with Crippen molar-refractivity contribution in [3.8, 4) is 17.5 Å². The highest BCUT2D eigenvalue weighted by Crippen LogP contribution is 2.52. The van der Waals surface area contributed by atoms with Crippen molar-refractivity contribution in [2.75, 3.05) is 19.6 Å². The smallest absolute Gasteiger partial charge is 0.407 e. The molecule has 1 unspecified atom stereocenters. The number of carbonyl (C=O) groups excluding carboxylic acids is 1. The number of nitriles is 1. The summed E-state index contributed by atoms with van der Waals surface area (Å²) in [6.45, 7) is 12.3. The molecule has 0 radical (unpaired) electrons. The van der Waals surface area contributed by atoms with Gasteiger partial charge in [-0.15, -0.1) is 0 Å². The van der Waals surface area contributed by atoms with E-state index in [1.54, 1.807) is 6.07 Å². The van der Waals surface area contributed by atoms with E-state index in [0.29, 0.717) is 47.8 Å². The molecule has 2 aliphatic rings. The Morgan fingerprint density at radius 3 is 2.31 bits per heavy atom. The van der Waals surface area contributed by atoms with Gasteiger partial charge in [-0.2, -0.15) is 5.26 Å². The van der Waals surface area contributed by atoms with Crippen LogP contribution >= 0.6 is 0 Å². The first kappa shape index (κ1) is 26.7. The van der Waals surface area contributed by atoms with Crippen molar-refractivity contribution in [2.24, 2.45) is 10.8 Å². The second-order valence-corrected chi connectivity index (χ2v) is 12.4. The molecule has 2 amide bonds. The second kappa shape index (κ2) is 9.71. The van der Waals surface area contributed by atoms with E-state index in [0.717, 1.165) is 30.4 Å². The first-order valence-electron chi connectivity index (χ1n) is 13.7. The number of carbonyl (C=O) groups is 2. The summed E-state index contributed by atoms with van der Waals surface area (Å²) in [5, 5.41) is 18.8. The van der Waals surface area contributed by atoms with Gasteiger partial charge in [-0.05, 0) is 72.4 Å². The van der Waals surface area contributed by atoms with Crippen LogP contribution in [-0.4, -0.2) is 57.6 Å². The first-order valence-corrected chi connectivity index (χ1v) is 13.7. The van der Waals surface area contributed by atoms with Crippen LogP contribution in [0.2, 0.25) is 0 Å². The van der Waals surface area contributed by atoms with E-state index in [1.165, 1.54) is 4.90 Å². The molecule has 0 aliphatic carbocycles. The summed E-state index contributed by atoms with van der Waals surface area (Å²) in [4.78, 5) is 33.5. The van der Waals surface area contributed by atoms with Crippen LogP contribution in [0.15, 0.2) is 40.8 Å². The third-order valence-corrected chi connectivity index (χ3v) is 8.50. The van der Waals surface area contributed by atoms with Gasteiger partial charge in [0.25, 0.3) is 5.91 Å². The second-order valence-electron chi connectivity index (χ2n) is 12.4. The number of likely N-dealkylation sites (tertiary alicyclic amines) is 2. The molecular formula is C31H36N4O4. The quantitative estimate of drug-likeness (QED) is 0.415. The Bertz CT molecular complexity index is 1450. The Morgan fingerprint density at radius 1 is 1.10 bits per heavy atom. The fourth-order valence-electron chi connectivity index (χ4n) is 6.81. The molecular weight excluding hydrogens is 492 g/mol. The highest BCUT2D eigenvalue weighted by Gasteiger charge is 2.54. The Kier molecular flexibility index (Phi) is 6.66. The van der Waals surface area contributed by atoms with Gasteiger partial charge >= 0.3 is 6.09 Å². The van der Waals surface area contributed by atoms with Gasteiger partial charge in [-0.3, -0.25) is 4.79 Å². The van der Waals surface area contributed by atoms with E-state index in [4.69, 9.17) is 4.42 Å². The summed E-state index contributed by atoms with van der Waals surface area (Å²) in [7, 11) is 0. The van der Waals surface area contributed by atoms with Crippen molar-refractivity contribution in [1.82, 2.24) is 14.8 Å². The lowest BCUT2D eigenvalue weighted by molar-refractivity contribution is 0.0104. The van der Waals surface area contributed by atoms with Crippen molar-refractivity contribution < 1.29 is 19.1 Å². The summed E-state index contributed by atoms with van der Waals surface area (Å²) in [5.41, 5.74) is 3.99. The SMILES string of the molecule is CC(C)c1cc(C#N)cc2nc(-c3ccc(C(=O)N4CCC5(CCN(C(=O)O)CC5)C4C(C)(C)C)cc3)oc12. The molecule has 2 fully saturated rings. The Hall–Kier alpha value is -3.86. The average molecular weight is 529 g/mol. The third-order valence-electron chi connectivity index (χ3n) is 8.50. The fourth-order valence-corrected chi connectivity index (χ4v) is 6.81. The number of amides is 2. The van der Waals surface area contributed by atoms with Crippen molar-refractivity contribution in [3.05, 3.63) is 53.1 Å². The number of piperidine rings is 1. The van der Waals surface area contributed by atoms with Crippen LogP contribution in [0.4, 0.5) is 4.79 Å². The molecule has 2 aromatic carbocycles. The molecule has 1 atom stereocenters. The van der Waals surface area contributed by atoms with E-state index in [9.17, 15) is 20.0 Å². The van der Waals surface area contributed by atoms with Gasteiger partial charge in [-0.1, -0.05) is 34.6 Å². The molecule has 1 spiro atoms. The molecule has 3 heterocycles. The number of carboxylic acid groups (broad SMARTS) is 1. The van der Waals surface area contributed by atoms with E-state index in [-0.39, 0.29) is 28.7 Å². The number of hydrogen-bond donors (Lipinski definition) is 1. The molecule has 0 saturated carbocycles.